The molecule has 1 N–H and O–H groups in total. The zero-order valence-electron chi connectivity index (χ0n) is 13.9. The second-order valence-corrected chi connectivity index (χ2v) is 5.73. The molecule has 0 spiro atoms. The van der Waals surface area contributed by atoms with E-state index >= 15 is 0 Å². The van der Waals surface area contributed by atoms with E-state index in [1.165, 1.54) is 44.9 Å². The first kappa shape index (κ1) is 19.9. The molecule has 0 aliphatic carbocycles. The lowest BCUT2D eigenvalue weighted by atomic mass is 10.1. The third-order valence-corrected chi connectivity index (χ3v) is 3.59. The number of carboxylic acid groups (broad SMARTS) is 1. The van der Waals surface area contributed by atoms with Crippen LogP contribution in [0.1, 0.15) is 90.4 Å². The lowest BCUT2D eigenvalue weighted by molar-refractivity contribution is -0.137. The SMILES string of the molecule is CCCCCCCC=CCC=CCCCCCCC(=O)O. The zero-order chi connectivity index (χ0) is 15.6. The van der Waals surface area contributed by atoms with Crippen molar-refractivity contribution in [1.29, 1.82) is 0 Å². The van der Waals surface area contributed by atoms with Gasteiger partial charge in [-0.25, -0.2) is 0 Å². The Kier molecular flexibility index (Phi) is 16.2. The first-order valence-electron chi connectivity index (χ1n) is 8.79. The summed E-state index contributed by atoms with van der Waals surface area (Å²) in [6.45, 7) is 2.25. The average molecular weight is 294 g/mol. The van der Waals surface area contributed by atoms with Crippen molar-refractivity contribution in [3.8, 4) is 0 Å². The Balaban J connectivity index is 3.19. The number of rotatable bonds is 15. The number of aliphatic carboxylic acids is 1. The molecule has 0 amide bonds. The largest absolute Gasteiger partial charge is 0.481 e. The molecule has 2 nitrogen and oxygen atoms in total. The van der Waals surface area contributed by atoms with Gasteiger partial charge in [-0.15, -0.1) is 0 Å². The van der Waals surface area contributed by atoms with Crippen molar-refractivity contribution in [2.24, 2.45) is 0 Å². The van der Waals surface area contributed by atoms with Crippen molar-refractivity contribution in [3.05, 3.63) is 24.3 Å². The predicted molar refractivity (Wildman–Crippen MR) is 91.6 cm³/mol. The number of allylic oxidation sites excluding steroid dienone is 4. The molecule has 0 rings (SSSR count). The maximum Gasteiger partial charge on any atom is 0.303 e. The fourth-order valence-electron chi connectivity index (χ4n) is 2.26. The normalized spacial score (nSPS) is 11.7. The van der Waals surface area contributed by atoms with Crippen LogP contribution >= 0.6 is 0 Å². The van der Waals surface area contributed by atoms with E-state index in [1.807, 2.05) is 0 Å². The summed E-state index contributed by atoms with van der Waals surface area (Å²) in [5, 5.41) is 8.51. The number of hydrogen-bond donors (Lipinski definition) is 1. The van der Waals surface area contributed by atoms with Crippen LogP contribution < -0.4 is 0 Å². The van der Waals surface area contributed by atoms with Crippen molar-refractivity contribution in [1.82, 2.24) is 0 Å². The van der Waals surface area contributed by atoms with Crippen LogP contribution in [-0.4, -0.2) is 11.1 Å². The van der Waals surface area contributed by atoms with Gasteiger partial charge < -0.3 is 5.11 Å². The molecule has 0 heterocycles. The molecule has 0 bridgehead atoms. The molecule has 0 saturated carbocycles. The summed E-state index contributed by atoms with van der Waals surface area (Å²) in [4.78, 5) is 10.3. The van der Waals surface area contributed by atoms with E-state index in [2.05, 4.69) is 31.2 Å². The van der Waals surface area contributed by atoms with E-state index in [4.69, 9.17) is 5.11 Å². The Labute approximate surface area is 131 Å². The zero-order valence-corrected chi connectivity index (χ0v) is 13.9. The van der Waals surface area contributed by atoms with E-state index in [0.717, 1.165) is 32.1 Å². The van der Waals surface area contributed by atoms with E-state index in [1.54, 1.807) is 0 Å². The molecule has 0 fully saturated rings. The first-order valence-corrected chi connectivity index (χ1v) is 8.79. The molecule has 0 aromatic carbocycles. The molecule has 0 aromatic rings. The van der Waals surface area contributed by atoms with Crippen molar-refractivity contribution >= 4 is 5.97 Å². The van der Waals surface area contributed by atoms with Gasteiger partial charge in [0.05, 0.1) is 0 Å². The molecule has 0 atom stereocenters. The van der Waals surface area contributed by atoms with Crippen LogP contribution in [0.4, 0.5) is 0 Å². The Hall–Kier alpha value is -1.05. The number of unbranched alkanes of at least 4 members (excludes halogenated alkanes) is 9. The number of carbonyl (C=O) groups is 1. The molecular formula is C19H34O2. The van der Waals surface area contributed by atoms with Gasteiger partial charge in [-0.2, -0.15) is 0 Å². The maximum atomic E-state index is 10.3. The molecular weight excluding hydrogens is 260 g/mol. The van der Waals surface area contributed by atoms with E-state index < -0.39 is 5.97 Å². The Bertz CT molecular complexity index is 279. The van der Waals surface area contributed by atoms with Crippen LogP contribution in [0.3, 0.4) is 0 Å². The molecule has 0 unspecified atom stereocenters. The predicted octanol–water partition coefficient (Wildman–Crippen LogP) is 6.27. The van der Waals surface area contributed by atoms with Gasteiger partial charge in [0, 0.05) is 6.42 Å². The van der Waals surface area contributed by atoms with Gasteiger partial charge in [0.15, 0.2) is 0 Å². The van der Waals surface area contributed by atoms with E-state index in [0.29, 0.717) is 6.42 Å². The Morgan fingerprint density at radius 2 is 1.29 bits per heavy atom. The minimum absolute atomic E-state index is 0.319. The first-order chi connectivity index (χ1) is 10.3. The summed E-state index contributed by atoms with van der Waals surface area (Å²) in [5.41, 5.74) is 0. The molecule has 0 aromatic heterocycles. The van der Waals surface area contributed by atoms with Crippen LogP contribution in [0, 0.1) is 0 Å². The third kappa shape index (κ3) is 18.9. The molecule has 0 radical (unpaired) electrons. The van der Waals surface area contributed by atoms with Crippen molar-refractivity contribution in [2.45, 2.75) is 90.4 Å². The minimum atomic E-state index is -0.674. The fraction of sp³-hybridized carbons (Fsp3) is 0.737. The lowest BCUT2D eigenvalue weighted by Gasteiger charge is -1.97. The second kappa shape index (κ2) is 17.0. The van der Waals surface area contributed by atoms with Crippen LogP contribution in [0.2, 0.25) is 0 Å². The average Bonchev–Trinajstić information content (AvgIpc) is 2.46. The van der Waals surface area contributed by atoms with Crippen LogP contribution in [-0.2, 0) is 4.79 Å². The van der Waals surface area contributed by atoms with Crippen LogP contribution in [0.5, 0.6) is 0 Å². The minimum Gasteiger partial charge on any atom is -0.481 e. The summed E-state index contributed by atoms with van der Waals surface area (Å²) in [7, 11) is 0. The van der Waals surface area contributed by atoms with Gasteiger partial charge in [0.1, 0.15) is 0 Å². The summed E-state index contributed by atoms with van der Waals surface area (Å²) >= 11 is 0. The third-order valence-electron chi connectivity index (χ3n) is 3.59. The van der Waals surface area contributed by atoms with Crippen molar-refractivity contribution in [2.75, 3.05) is 0 Å². The van der Waals surface area contributed by atoms with Crippen molar-refractivity contribution in [3.63, 3.8) is 0 Å². The highest BCUT2D eigenvalue weighted by atomic mass is 16.4. The van der Waals surface area contributed by atoms with Gasteiger partial charge >= 0.3 is 5.97 Å². The monoisotopic (exact) mass is 294 g/mol. The van der Waals surface area contributed by atoms with Gasteiger partial charge in [-0.3, -0.25) is 4.79 Å². The fourth-order valence-corrected chi connectivity index (χ4v) is 2.26. The van der Waals surface area contributed by atoms with Gasteiger partial charge in [-0.1, -0.05) is 69.8 Å². The summed E-state index contributed by atoms with van der Waals surface area (Å²) in [6, 6.07) is 0. The molecule has 0 aliphatic rings. The Morgan fingerprint density at radius 3 is 1.81 bits per heavy atom. The molecule has 122 valence electrons. The summed E-state index contributed by atoms with van der Waals surface area (Å²) in [6.07, 6.45) is 23.7. The van der Waals surface area contributed by atoms with Crippen LogP contribution in [0.25, 0.3) is 0 Å². The smallest absolute Gasteiger partial charge is 0.303 e. The summed E-state index contributed by atoms with van der Waals surface area (Å²) < 4.78 is 0. The quantitative estimate of drug-likeness (QED) is 0.285. The molecule has 0 saturated heterocycles. The highest BCUT2D eigenvalue weighted by Gasteiger charge is 1.95. The summed E-state index contributed by atoms with van der Waals surface area (Å²) in [5.74, 6) is -0.674. The van der Waals surface area contributed by atoms with Gasteiger partial charge in [0.2, 0.25) is 0 Å². The van der Waals surface area contributed by atoms with Gasteiger partial charge in [-0.05, 0) is 38.5 Å². The lowest BCUT2D eigenvalue weighted by Crippen LogP contribution is -1.93. The standard InChI is InChI=1S/C19H34O2/c1-2-3-4-5-6-7-8-9-10-11-12-13-14-15-16-17-18-19(20)21/h8-9,11-12H,2-7,10,13-18H2,1H3,(H,20,21). The van der Waals surface area contributed by atoms with Crippen molar-refractivity contribution < 1.29 is 9.90 Å². The Morgan fingerprint density at radius 1 is 0.762 bits per heavy atom. The highest BCUT2D eigenvalue weighted by molar-refractivity contribution is 5.66. The number of hydrogen-bond acceptors (Lipinski definition) is 1. The maximum absolute atomic E-state index is 10.3. The second-order valence-electron chi connectivity index (χ2n) is 5.73. The topological polar surface area (TPSA) is 37.3 Å². The molecule has 0 aliphatic heterocycles. The van der Waals surface area contributed by atoms with E-state index in [9.17, 15) is 4.79 Å². The van der Waals surface area contributed by atoms with Gasteiger partial charge in [0.25, 0.3) is 0 Å². The number of carboxylic acids is 1. The van der Waals surface area contributed by atoms with E-state index in [-0.39, 0.29) is 0 Å². The highest BCUT2D eigenvalue weighted by Crippen LogP contribution is 2.07. The molecule has 21 heavy (non-hydrogen) atoms. The molecule has 2 heteroatoms. The van der Waals surface area contributed by atoms with Crippen LogP contribution in [0.15, 0.2) is 24.3 Å².